The van der Waals surface area contributed by atoms with E-state index < -0.39 is 10.8 Å². The van der Waals surface area contributed by atoms with Gasteiger partial charge in [0.1, 0.15) is 11.6 Å². The summed E-state index contributed by atoms with van der Waals surface area (Å²) in [4.78, 5) is 0.495. The van der Waals surface area contributed by atoms with E-state index in [0.29, 0.717) is 10.5 Å². The molecule has 0 aromatic heterocycles. The van der Waals surface area contributed by atoms with Crippen LogP contribution in [0.5, 0.6) is 0 Å². The van der Waals surface area contributed by atoms with Gasteiger partial charge in [-0.2, -0.15) is 0 Å². The first-order valence-electron chi connectivity index (χ1n) is 5.04. The molecule has 88 valence electrons. The second kappa shape index (κ2) is 5.19. The van der Waals surface area contributed by atoms with Crippen LogP contribution in [0.3, 0.4) is 0 Å². The van der Waals surface area contributed by atoms with Crippen molar-refractivity contribution in [2.75, 3.05) is 0 Å². The minimum atomic E-state index is -1.36. The molecule has 2 aromatic rings. The highest BCUT2D eigenvalue weighted by Crippen LogP contribution is 2.15. The van der Waals surface area contributed by atoms with Gasteiger partial charge in [-0.3, -0.25) is 4.21 Å². The van der Waals surface area contributed by atoms with E-state index in [-0.39, 0.29) is 17.4 Å². The number of hydrogen-bond donors (Lipinski definition) is 0. The summed E-state index contributed by atoms with van der Waals surface area (Å²) in [6.07, 6.45) is 0. The molecule has 0 N–H and O–H groups in total. The number of hydrogen-bond acceptors (Lipinski definition) is 1. The molecule has 4 heteroatoms. The molecule has 0 aliphatic heterocycles. The second-order valence-electron chi connectivity index (χ2n) is 3.54. The monoisotopic (exact) mass is 252 g/mol. The lowest BCUT2D eigenvalue weighted by atomic mass is 10.2. The van der Waals surface area contributed by atoms with Crippen LogP contribution in [0.2, 0.25) is 0 Å². The van der Waals surface area contributed by atoms with Crippen LogP contribution in [0, 0.1) is 11.6 Å². The van der Waals surface area contributed by atoms with E-state index in [2.05, 4.69) is 0 Å². The van der Waals surface area contributed by atoms with Gasteiger partial charge in [0.2, 0.25) is 0 Å². The first-order valence-corrected chi connectivity index (χ1v) is 6.36. The summed E-state index contributed by atoms with van der Waals surface area (Å²) in [5.74, 6) is -0.655. The second-order valence-corrected chi connectivity index (χ2v) is 4.99. The maximum Gasteiger partial charge on any atom is 0.127 e. The van der Waals surface area contributed by atoms with Crippen molar-refractivity contribution in [1.29, 1.82) is 0 Å². The molecule has 0 saturated heterocycles. The molecule has 0 saturated carbocycles. The lowest BCUT2D eigenvalue weighted by Gasteiger charge is -2.03. The molecular formula is C13H10F2OS. The first-order chi connectivity index (χ1) is 8.16. The van der Waals surface area contributed by atoms with Crippen molar-refractivity contribution < 1.29 is 13.0 Å². The van der Waals surface area contributed by atoms with E-state index in [1.165, 1.54) is 30.3 Å². The molecule has 0 amide bonds. The maximum absolute atomic E-state index is 13.3. The molecular weight excluding hydrogens is 242 g/mol. The molecule has 0 heterocycles. The Morgan fingerprint density at radius 3 is 2.24 bits per heavy atom. The van der Waals surface area contributed by atoms with Gasteiger partial charge in [0.05, 0.1) is 16.6 Å². The van der Waals surface area contributed by atoms with E-state index >= 15 is 0 Å². The van der Waals surface area contributed by atoms with Crippen LogP contribution >= 0.6 is 0 Å². The van der Waals surface area contributed by atoms with Gasteiger partial charge in [-0.1, -0.05) is 18.2 Å². The third-order valence-corrected chi connectivity index (χ3v) is 3.69. The molecule has 2 rings (SSSR count). The summed E-state index contributed by atoms with van der Waals surface area (Å²) in [6.45, 7) is 0. The zero-order chi connectivity index (χ0) is 12.3. The SMILES string of the molecule is O=S(Cc1ccccc1F)c1ccc(F)cc1. The summed E-state index contributed by atoms with van der Waals surface area (Å²) in [5.41, 5.74) is 0.398. The normalized spacial score (nSPS) is 12.4. The van der Waals surface area contributed by atoms with Crippen LogP contribution in [0.1, 0.15) is 5.56 Å². The summed E-state index contributed by atoms with van der Waals surface area (Å²) < 4.78 is 37.9. The van der Waals surface area contributed by atoms with Gasteiger partial charge in [-0.15, -0.1) is 0 Å². The van der Waals surface area contributed by atoms with Crippen molar-refractivity contribution in [2.45, 2.75) is 10.6 Å². The highest BCUT2D eigenvalue weighted by atomic mass is 32.2. The topological polar surface area (TPSA) is 17.1 Å². The van der Waals surface area contributed by atoms with Gasteiger partial charge >= 0.3 is 0 Å². The Morgan fingerprint density at radius 2 is 1.59 bits per heavy atom. The predicted molar refractivity (Wildman–Crippen MR) is 62.9 cm³/mol. The molecule has 1 unspecified atom stereocenters. The van der Waals surface area contributed by atoms with E-state index in [9.17, 15) is 13.0 Å². The van der Waals surface area contributed by atoms with E-state index in [4.69, 9.17) is 0 Å². The Balaban J connectivity index is 2.17. The van der Waals surface area contributed by atoms with Crippen LogP contribution < -0.4 is 0 Å². The Hall–Kier alpha value is -1.55. The van der Waals surface area contributed by atoms with Gasteiger partial charge in [0.15, 0.2) is 0 Å². The molecule has 1 atom stereocenters. The summed E-state index contributed by atoms with van der Waals surface area (Å²) in [5, 5.41) is 0. The fraction of sp³-hybridized carbons (Fsp3) is 0.0769. The van der Waals surface area contributed by atoms with Gasteiger partial charge in [0, 0.05) is 10.5 Å². The Kier molecular flexibility index (Phi) is 3.64. The Labute approximate surface area is 101 Å². The van der Waals surface area contributed by atoms with Gasteiger partial charge in [-0.25, -0.2) is 8.78 Å². The average molecular weight is 252 g/mol. The molecule has 0 aliphatic rings. The van der Waals surface area contributed by atoms with E-state index in [1.807, 2.05) is 0 Å². The van der Waals surface area contributed by atoms with Crippen molar-refractivity contribution in [2.24, 2.45) is 0 Å². The van der Waals surface area contributed by atoms with Crippen molar-refractivity contribution in [3.8, 4) is 0 Å². The minimum Gasteiger partial charge on any atom is -0.254 e. The molecule has 2 aromatic carbocycles. The third-order valence-electron chi connectivity index (χ3n) is 2.32. The maximum atomic E-state index is 13.3. The summed E-state index contributed by atoms with van der Waals surface area (Å²) in [7, 11) is -1.36. The lowest BCUT2D eigenvalue weighted by molar-refractivity contribution is 0.615. The van der Waals surface area contributed by atoms with Gasteiger partial charge < -0.3 is 0 Å². The number of halogens is 2. The van der Waals surface area contributed by atoms with Crippen LogP contribution in [0.25, 0.3) is 0 Å². The first kappa shape index (κ1) is 11.9. The van der Waals surface area contributed by atoms with Crippen molar-refractivity contribution >= 4 is 10.8 Å². The largest absolute Gasteiger partial charge is 0.254 e. The quantitative estimate of drug-likeness (QED) is 0.819. The fourth-order valence-electron chi connectivity index (χ4n) is 1.43. The van der Waals surface area contributed by atoms with Crippen molar-refractivity contribution in [3.05, 3.63) is 65.7 Å². The van der Waals surface area contributed by atoms with Crippen LogP contribution in [-0.2, 0) is 16.6 Å². The fourth-order valence-corrected chi connectivity index (χ4v) is 2.55. The van der Waals surface area contributed by atoms with Crippen molar-refractivity contribution in [1.82, 2.24) is 0 Å². The molecule has 0 bridgehead atoms. The van der Waals surface area contributed by atoms with Crippen molar-refractivity contribution in [3.63, 3.8) is 0 Å². The van der Waals surface area contributed by atoms with Gasteiger partial charge in [-0.05, 0) is 30.3 Å². The minimum absolute atomic E-state index is 0.0955. The number of benzene rings is 2. The highest BCUT2D eigenvalue weighted by Gasteiger charge is 2.08. The van der Waals surface area contributed by atoms with E-state index in [1.54, 1.807) is 18.2 Å². The van der Waals surface area contributed by atoms with Gasteiger partial charge in [0.25, 0.3) is 0 Å². The lowest BCUT2D eigenvalue weighted by Crippen LogP contribution is -1.98. The molecule has 0 aliphatic carbocycles. The molecule has 17 heavy (non-hydrogen) atoms. The standard InChI is InChI=1S/C13H10F2OS/c14-11-5-7-12(8-6-11)17(16)9-10-3-1-2-4-13(10)15/h1-8H,9H2. The molecule has 0 fully saturated rings. The number of rotatable bonds is 3. The van der Waals surface area contributed by atoms with Crippen LogP contribution in [0.4, 0.5) is 8.78 Å². The molecule has 0 spiro atoms. The Bertz CT molecular complexity index is 537. The molecule has 0 radical (unpaired) electrons. The smallest absolute Gasteiger partial charge is 0.127 e. The van der Waals surface area contributed by atoms with Crippen LogP contribution in [0.15, 0.2) is 53.4 Å². The van der Waals surface area contributed by atoms with Crippen LogP contribution in [-0.4, -0.2) is 4.21 Å². The van der Waals surface area contributed by atoms with E-state index in [0.717, 1.165) is 0 Å². The summed E-state index contributed by atoms with van der Waals surface area (Å²) in [6, 6.07) is 11.6. The predicted octanol–water partition coefficient (Wildman–Crippen LogP) is 3.27. The zero-order valence-electron chi connectivity index (χ0n) is 8.90. The molecule has 1 nitrogen and oxygen atoms in total. The zero-order valence-corrected chi connectivity index (χ0v) is 9.71. The Morgan fingerprint density at radius 1 is 0.941 bits per heavy atom. The average Bonchev–Trinajstić information content (AvgIpc) is 2.33. The highest BCUT2D eigenvalue weighted by molar-refractivity contribution is 7.84. The summed E-state index contributed by atoms with van der Waals surface area (Å²) >= 11 is 0. The third kappa shape index (κ3) is 2.97.